The summed E-state index contributed by atoms with van der Waals surface area (Å²) >= 11 is 0. The van der Waals surface area contributed by atoms with Gasteiger partial charge in [0, 0.05) is 18.1 Å². The van der Waals surface area contributed by atoms with Crippen LogP contribution in [-0.2, 0) is 4.74 Å². The molecule has 1 amide bonds. The molecule has 5 heteroatoms. The molecule has 0 aromatic rings. The molecule has 2 unspecified atom stereocenters. The van der Waals surface area contributed by atoms with Crippen LogP contribution in [0.25, 0.3) is 0 Å². The second-order valence-corrected chi connectivity index (χ2v) is 5.87. The van der Waals surface area contributed by atoms with Gasteiger partial charge in [-0.05, 0) is 40.0 Å². The SMILES string of the molecule is CC(C)(C)OC(=O)N1CC2(N)CCC1C2.Cl. The summed E-state index contributed by atoms with van der Waals surface area (Å²) < 4.78 is 5.35. The third kappa shape index (κ3) is 2.61. The largest absolute Gasteiger partial charge is 0.444 e. The molecule has 94 valence electrons. The van der Waals surface area contributed by atoms with E-state index in [1.165, 1.54) is 0 Å². The number of hydrogen-bond acceptors (Lipinski definition) is 3. The van der Waals surface area contributed by atoms with Crippen LogP contribution in [0, 0.1) is 0 Å². The zero-order valence-corrected chi connectivity index (χ0v) is 11.0. The van der Waals surface area contributed by atoms with Crippen LogP contribution in [0.3, 0.4) is 0 Å². The minimum absolute atomic E-state index is 0. The molecule has 4 nitrogen and oxygen atoms in total. The topological polar surface area (TPSA) is 55.6 Å². The van der Waals surface area contributed by atoms with Crippen LogP contribution in [0.15, 0.2) is 0 Å². The van der Waals surface area contributed by atoms with Gasteiger partial charge in [-0.25, -0.2) is 4.79 Å². The van der Waals surface area contributed by atoms with E-state index in [1.807, 2.05) is 20.8 Å². The first-order valence-corrected chi connectivity index (χ1v) is 5.58. The lowest BCUT2D eigenvalue weighted by Crippen LogP contribution is -2.48. The van der Waals surface area contributed by atoms with Crippen molar-refractivity contribution in [2.45, 2.75) is 57.2 Å². The van der Waals surface area contributed by atoms with Gasteiger partial charge in [-0.1, -0.05) is 0 Å². The number of rotatable bonds is 0. The van der Waals surface area contributed by atoms with Crippen molar-refractivity contribution >= 4 is 18.5 Å². The van der Waals surface area contributed by atoms with E-state index in [2.05, 4.69) is 0 Å². The molecule has 1 saturated heterocycles. The number of halogens is 1. The number of carbonyl (C=O) groups excluding carboxylic acids is 1. The van der Waals surface area contributed by atoms with Crippen molar-refractivity contribution in [3.63, 3.8) is 0 Å². The highest BCUT2D eigenvalue weighted by molar-refractivity contribution is 5.85. The van der Waals surface area contributed by atoms with E-state index in [0.29, 0.717) is 12.6 Å². The fourth-order valence-electron chi connectivity index (χ4n) is 2.54. The maximum Gasteiger partial charge on any atom is 0.410 e. The van der Waals surface area contributed by atoms with Gasteiger partial charge in [0.05, 0.1) is 0 Å². The van der Waals surface area contributed by atoms with Gasteiger partial charge in [-0.3, -0.25) is 0 Å². The van der Waals surface area contributed by atoms with Gasteiger partial charge in [-0.2, -0.15) is 0 Å². The monoisotopic (exact) mass is 248 g/mol. The van der Waals surface area contributed by atoms with Gasteiger partial charge in [0.25, 0.3) is 0 Å². The summed E-state index contributed by atoms with van der Waals surface area (Å²) in [5, 5.41) is 0. The van der Waals surface area contributed by atoms with E-state index in [9.17, 15) is 4.79 Å². The molecule has 0 radical (unpaired) electrons. The quantitative estimate of drug-likeness (QED) is 0.713. The lowest BCUT2D eigenvalue weighted by Gasteiger charge is -2.32. The van der Waals surface area contributed by atoms with Gasteiger partial charge >= 0.3 is 6.09 Å². The van der Waals surface area contributed by atoms with Crippen LogP contribution in [-0.4, -0.2) is 34.7 Å². The van der Waals surface area contributed by atoms with E-state index in [-0.39, 0.29) is 24.0 Å². The Labute approximate surface area is 103 Å². The van der Waals surface area contributed by atoms with Gasteiger partial charge in [-0.15, -0.1) is 12.4 Å². The average Bonchev–Trinajstić information content (AvgIpc) is 2.55. The first-order valence-electron chi connectivity index (χ1n) is 5.58. The second kappa shape index (κ2) is 4.08. The Bertz CT molecular complexity index is 290. The molecule has 2 aliphatic rings. The Kier molecular flexibility index (Phi) is 3.46. The zero-order chi connectivity index (χ0) is 11.3. The highest BCUT2D eigenvalue weighted by atomic mass is 35.5. The van der Waals surface area contributed by atoms with Crippen molar-refractivity contribution in [2.75, 3.05) is 6.54 Å². The highest BCUT2D eigenvalue weighted by Gasteiger charge is 2.49. The summed E-state index contributed by atoms with van der Waals surface area (Å²) in [6.45, 7) is 6.32. The third-order valence-electron chi connectivity index (χ3n) is 3.17. The van der Waals surface area contributed by atoms with Crippen molar-refractivity contribution in [1.82, 2.24) is 4.90 Å². The van der Waals surface area contributed by atoms with Gasteiger partial charge in [0.2, 0.25) is 0 Å². The molecule has 2 atom stereocenters. The summed E-state index contributed by atoms with van der Waals surface area (Å²) in [5.41, 5.74) is 5.59. The summed E-state index contributed by atoms with van der Waals surface area (Å²) in [6.07, 6.45) is 2.79. The molecule has 2 N–H and O–H groups in total. The van der Waals surface area contributed by atoms with E-state index in [1.54, 1.807) is 4.90 Å². The van der Waals surface area contributed by atoms with Crippen LogP contribution in [0.1, 0.15) is 40.0 Å². The summed E-state index contributed by atoms with van der Waals surface area (Å²) in [4.78, 5) is 13.6. The molecule has 1 heterocycles. The smallest absolute Gasteiger partial charge is 0.410 e. The number of carbonyl (C=O) groups is 1. The molecule has 0 aromatic heterocycles. The normalized spacial score (nSPS) is 32.5. The number of fused-ring (bicyclic) bond motifs is 2. The Balaban J connectivity index is 0.00000128. The minimum atomic E-state index is -0.416. The molecule has 1 saturated carbocycles. The first-order chi connectivity index (χ1) is 6.79. The Hall–Kier alpha value is -0.480. The molecule has 2 fully saturated rings. The Morgan fingerprint density at radius 1 is 1.50 bits per heavy atom. The van der Waals surface area contributed by atoms with Crippen LogP contribution < -0.4 is 5.73 Å². The minimum Gasteiger partial charge on any atom is -0.444 e. The fourth-order valence-corrected chi connectivity index (χ4v) is 2.54. The predicted molar refractivity (Wildman–Crippen MR) is 64.7 cm³/mol. The molecule has 16 heavy (non-hydrogen) atoms. The number of amides is 1. The zero-order valence-electron chi connectivity index (χ0n) is 10.2. The predicted octanol–water partition coefficient (Wildman–Crippen LogP) is 1.91. The fraction of sp³-hybridized carbons (Fsp3) is 0.909. The van der Waals surface area contributed by atoms with Gasteiger partial charge < -0.3 is 15.4 Å². The van der Waals surface area contributed by atoms with Crippen LogP contribution in [0.4, 0.5) is 4.79 Å². The summed E-state index contributed by atoms with van der Waals surface area (Å²) in [7, 11) is 0. The number of piperidine rings is 1. The molecule has 1 aliphatic heterocycles. The van der Waals surface area contributed by atoms with E-state index in [0.717, 1.165) is 19.3 Å². The van der Waals surface area contributed by atoms with Crippen molar-refractivity contribution in [2.24, 2.45) is 5.73 Å². The van der Waals surface area contributed by atoms with Crippen molar-refractivity contribution in [1.29, 1.82) is 0 Å². The third-order valence-corrected chi connectivity index (χ3v) is 3.17. The molecular weight excluding hydrogens is 228 g/mol. The average molecular weight is 249 g/mol. The highest BCUT2D eigenvalue weighted by Crippen LogP contribution is 2.39. The van der Waals surface area contributed by atoms with E-state index >= 15 is 0 Å². The summed E-state index contributed by atoms with van der Waals surface area (Å²) in [6, 6.07) is 0.310. The maximum absolute atomic E-state index is 11.8. The van der Waals surface area contributed by atoms with E-state index in [4.69, 9.17) is 10.5 Å². The Morgan fingerprint density at radius 2 is 2.12 bits per heavy atom. The second-order valence-electron chi connectivity index (χ2n) is 5.87. The number of likely N-dealkylation sites (tertiary alicyclic amines) is 1. The first kappa shape index (κ1) is 13.6. The number of nitrogens with zero attached hydrogens (tertiary/aromatic N) is 1. The summed E-state index contributed by atoms with van der Waals surface area (Å²) in [5.74, 6) is 0. The number of hydrogen-bond donors (Lipinski definition) is 1. The Morgan fingerprint density at radius 3 is 2.50 bits per heavy atom. The van der Waals surface area contributed by atoms with Gasteiger partial charge in [0.15, 0.2) is 0 Å². The molecule has 0 aromatic carbocycles. The van der Waals surface area contributed by atoms with Gasteiger partial charge in [0.1, 0.15) is 5.60 Å². The van der Waals surface area contributed by atoms with Crippen molar-refractivity contribution < 1.29 is 9.53 Å². The molecule has 2 rings (SSSR count). The molecule has 0 spiro atoms. The number of ether oxygens (including phenoxy) is 1. The van der Waals surface area contributed by atoms with Crippen LogP contribution >= 0.6 is 12.4 Å². The maximum atomic E-state index is 11.8. The number of nitrogens with two attached hydrogens (primary N) is 1. The van der Waals surface area contributed by atoms with E-state index < -0.39 is 5.60 Å². The lowest BCUT2D eigenvalue weighted by molar-refractivity contribution is 0.0184. The molecular formula is C11H21ClN2O2. The van der Waals surface area contributed by atoms with Crippen LogP contribution in [0.5, 0.6) is 0 Å². The standard InChI is InChI=1S/C11H20N2O2.ClH/c1-10(2,3)15-9(14)13-7-11(12)5-4-8(13)6-11;/h8H,4-7,12H2,1-3H3;1H. The lowest BCUT2D eigenvalue weighted by atomic mass is 10.0. The van der Waals surface area contributed by atoms with Crippen molar-refractivity contribution in [3.8, 4) is 0 Å². The molecule has 1 aliphatic carbocycles. The van der Waals surface area contributed by atoms with Crippen molar-refractivity contribution in [3.05, 3.63) is 0 Å². The van der Waals surface area contributed by atoms with Crippen LogP contribution in [0.2, 0.25) is 0 Å². The molecule has 2 bridgehead atoms.